The van der Waals surface area contributed by atoms with Gasteiger partial charge in [-0.3, -0.25) is 0 Å². The summed E-state index contributed by atoms with van der Waals surface area (Å²) < 4.78 is 2.31. The molecule has 1 atom stereocenters. The Morgan fingerprint density at radius 2 is 2.10 bits per heavy atom. The fraction of sp³-hybridized carbons (Fsp3) is 0.312. The molecule has 1 aromatic carbocycles. The molecule has 104 valence electrons. The zero-order chi connectivity index (χ0) is 14.1. The average Bonchev–Trinajstić information content (AvgIpc) is 3.05. The highest BCUT2D eigenvalue weighted by Gasteiger charge is 2.21. The molecule has 4 heteroatoms. The van der Waals surface area contributed by atoms with Crippen molar-refractivity contribution in [3.63, 3.8) is 0 Å². The SMILES string of the molecule is CCc1nc2ccccc2n1C(CN)c1sccc1C. The molecule has 3 rings (SSSR count). The third-order valence-corrected chi connectivity index (χ3v) is 4.84. The molecule has 0 aliphatic heterocycles. The fourth-order valence-electron chi connectivity index (χ4n) is 2.75. The van der Waals surface area contributed by atoms with Crippen molar-refractivity contribution in [3.05, 3.63) is 52.0 Å². The molecule has 0 fully saturated rings. The molecular formula is C16H19N3S. The maximum atomic E-state index is 6.10. The van der Waals surface area contributed by atoms with Gasteiger partial charge in [-0.05, 0) is 36.1 Å². The number of aromatic nitrogens is 2. The minimum Gasteiger partial charge on any atom is -0.328 e. The van der Waals surface area contributed by atoms with Crippen molar-refractivity contribution in [1.29, 1.82) is 0 Å². The summed E-state index contributed by atoms with van der Waals surface area (Å²) >= 11 is 1.78. The van der Waals surface area contributed by atoms with Gasteiger partial charge in [-0.25, -0.2) is 4.98 Å². The van der Waals surface area contributed by atoms with E-state index in [4.69, 9.17) is 10.7 Å². The van der Waals surface area contributed by atoms with Crippen LogP contribution in [0.15, 0.2) is 35.7 Å². The molecule has 0 amide bonds. The lowest BCUT2D eigenvalue weighted by Crippen LogP contribution is -2.22. The lowest BCUT2D eigenvalue weighted by atomic mass is 10.1. The molecule has 0 spiro atoms. The first-order valence-electron chi connectivity index (χ1n) is 6.96. The van der Waals surface area contributed by atoms with Crippen molar-refractivity contribution < 1.29 is 0 Å². The van der Waals surface area contributed by atoms with Crippen LogP contribution in [0.25, 0.3) is 11.0 Å². The predicted octanol–water partition coefficient (Wildman–Crippen LogP) is 3.52. The van der Waals surface area contributed by atoms with Crippen LogP contribution in [-0.2, 0) is 6.42 Å². The third kappa shape index (κ3) is 2.05. The van der Waals surface area contributed by atoms with Gasteiger partial charge in [0.25, 0.3) is 0 Å². The van der Waals surface area contributed by atoms with Gasteiger partial charge in [-0.15, -0.1) is 11.3 Å². The van der Waals surface area contributed by atoms with Crippen LogP contribution < -0.4 is 5.73 Å². The molecule has 2 aromatic heterocycles. The first kappa shape index (κ1) is 13.3. The number of hydrogen-bond donors (Lipinski definition) is 1. The molecular weight excluding hydrogens is 266 g/mol. The molecule has 2 heterocycles. The second-order valence-corrected chi connectivity index (χ2v) is 5.91. The minimum absolute atomic E-state index is 0.178. The molecule has 3 nitrogen and oxygen atoms in total. The molecule has 20 heavy (non-hydrogen) atoms. The van der Waals surface area contributed by atoms with Gasteiger partial charge in [-0.1, -0.05) is 19.1 Å². The van der Waals surface area contributed by atoms with E-state index in [-0.39, 0.29) is 6.04 Å². The van der Waals surface area contributed by atoms with Crippen LogP contribution in [0.3, 0.4) is 0 Å². The van der Waals surface area contributed by atoms with E-state index >= 15 is 0 Å². The maximum absolute atomic E-state index is 6.10. The first-order valence-corrected chi connectivity index (χ1v) is 7.84. The van der Waals surface area contributed by atoms with Gasteiger partial charge < -0.3 is 10.3 Å². The summed E-state index contributed by atoms with van der Waals surface area (Å²) in [6.45, 7) is 4.89. The zero-order valence-electron chi connectivity index (χ0n) is 11.8. The molecule has 0 bridgehead atoms. The number of rotatable bonds is 4. The van der Waals surface area contributed by atoms with Crippen molar-refractivity contribution in [2.45, 2.75) is 26.3 Å². The molecule has 1 unspecified atom stereocenters. The smallest absolute Gasteiger partial charge is 0.110 e. The number of fused-ring (bicyclic) bond motifs is 1. The molecule has 0 aliphatic carbocycles. The largest absolute Gasteiger partial charge is 0.328 e. The summed E-state index contributed by atoms with van der Waals surface area (Å²) in [5.41, 5.74) is 9.63. The van der Waals surface area contributed by atoms with Gasteiger partial charge in [0.1, 0.15) is 5.82 Å². The van der Waals surface area contributed by atoms with Crippen molar-refractivity contribution in [2.24, 2.45) is 5.73 Å². The Hall–Kier alpha value is -1.65. The third-order valence-electron chi connectivity index (χ3n) is 3.72. The summed E-state index contributed by atoms with van der Waals surface area (Å²) in [4.78, 5) is 6.09. The van der Waals surface area contributed by atoms with Crippen molar-refractivity contribution in [3.8, 4) is 0 Å². The van der Waals surface area contributed by atoms with Gasteiger partial charge in [0.2, 0.25) is 0 Å². The minimum atomic E-state index is 0.178. The average molecular weight is 285 g/mol. The summed E-state index contributed by atoms with van der Waals surface area (Å²) in [6.07, 6.45) is 0.912. The molecule has 2 N–H and O–H groups in total. The zero-order valence-corrected chi connectivity index (χ0v) is 12.7. The van der Waals surface area contributed by atoms with Crippen LogP contribution >= 0.6 is 11.3 Å². The number of thiophene rings is 1. The topological polar surface area (TPSA) is 43.8 Å². The van der Waals surface area contributed by atoms with Gasteiger partial charge >= 0.3 is 0 Å². The Balaban J connectivity index is 2.23. The van der Waals surface area contributed by atoms with Crippen LogP contribution in [0.4, 0.5) is 0 Å². The Labute approximate surface area is 123 Å². The van der Waals surface area contributed by atoms with E-state index in [1.807, 2.05) is 6.07 Å². The standard InChI is InChI=1S/C16H19N3S/c1-3-15-18-12-6-4-5-7-13(12)19(15)14(10-17)16-11(2)8-9-20-16/h4-9,14H,3,10,17H2,1-2H3. The van der Waals surface area contributed by atoms with Crippen molar-refractivity contribution in [1.82, 2.24) is 9.55 Å². The highest BCUT2D eigenvalue weighted by Crippen LogP contribution is 2.31. The van der Waals surface area contributed by atoms with Gasteiger partial charge in [0, 0.05) is 17.8 Å². The summed E-state index contributed by atoms with van der Waals surface area (Å²) in [5, 5.41) is 2.14. The Bertz CT molecular complexity index is 726. The number of benzene rings is 1. The van der Waals surface area contributed by atoms with E-state index < -0.39 is 0 Å². The number of imidazole rings is 1. The van der Waals surface area contributed by atoms with Crippen LogP contribution in [0, 0.1) is 6.92 Å². The number of hydrogen-bond acceptors (Lipinski definition) is 3. The second-order valence-electron chi connectivity index (χ2n) is 4.96. The van der Waals surface area contributed by atoms with Crippen molar-refractivity contribution >= 4 is 22.4 Å². The van der Waals surface area contributed by atoms with E-state index in [2.05, 4.69) is 48.1 Å². The maximum Gasteiger partial charge on any atom is 0.110 e. The van der Waals surface area contributed by atoms with Gasteiger partial charge in [-0.2, -0.15) is 0 Å². The highest BCUT2D eigenvalue weighted by molar-refractivity contribution is 7.10. The highest BCUT2D eigenvalue weighted by atomic mass is 32.1. The van der Waals surface area contributed by atoms with E-state index in [9.17, 15) is 0 Å². The molecule has 0 aliphatic rings. The van der Waals surface area contributed by atoms with Crippen LogP contribution in [-0.4, -0.2) is 16.1 Å². The van der Waals surface area contributed by atoms with Crippen LogP contribution in [0.1, 0.15) is 29.2 Å². The number of para-hydroxylation sites is 2. The number of nitrogens with zero attached hydrogens (tertiary/aromatic N) is 2. The quantitative estimate of drug-likeness (QED) is 0.797. The summed E-state index contributed by atoms with van der Waals surface area (Å²) in [6, 6.07) is 10.6. The monoisotopic (exact) mass is 285 g/mol. The molecule has 3 aromatic rings. The molecule has 0 saturated heterocycles. The lowest BCUT2D eigenvalue weighted by molar-refractivity contribution is 0.590. The summed E-state index contributed by atoms with van der Waals surface area (Å²) in [7, 11) is 0. The summed E-state index contributed by atoms with van der Waals surface area (Å²) in [5.74, 6) is 1.11. The van der Waals surface area contributed by atoms with Gasteiger partial charge in [0.05, 0.1) is 17.1 Å². The molecule has 0 radical (unpaired) electrons. The van der Waals surface area contributed by atoms with E-state index in [0.717, 1.165) is 17.8 Å². The first-order chi connectivity index (χ1) is 9.76. The van der Waals surface area contributed by atoms with E-state index in [0.29, 0.717) is 6.54 Å². The van der Waals surface area contributed by atoms with Crippen LogP contribution in [0.2, 0.25) is 0 Å². The van der Waals surface area contributed by atoms with Crippen molar-refractivity contribution in [2.75, 3.05) is 6.54 Å². The Morgan fingerprint density at radius 3 is 2.75 bits per heavy atom. The van der Waals surface area contributed by atoms with Gasteiger partial charge in [0.15, 0.2) is 0 Å². The molecule has 0 saturated carbocycles. The predicted molar refractivity (Wildman–Crippen MR) is 85.4 cm³/mol. The Kier molecular flexibility index (Phi) is 3.59. The normalized spacial score (nSPS) is 12.9. The van der Waals surface area contributed by atoms with E-state index in [1.54, 1.807) is 11.3 Å². The Morgan fingerprint density at radius 1 is 1.30 bits per heavy atom. The number of aryl methyl sites for hydroxylation is 2. The van der Waals surface area contributed by atoms with Crippen LogP contribution in [0.5, 0.6) is 0 Å². The van der Waals surface area contributed by atoms with E-state index in [1.165, 1.54) is 16.0 Å². The second kappa shape index (κ2) is 5.38. The number of nitrogens with two attached hydrogens (primary N) is 1. The lowest BCUT2D eigenvalue weighted by Gasteiger charge is -2.20. The fourth-order valence-corrected chi connectivity index (χ4v) is 3.78.